The van der Waals surface area contributed by atoms with E-state index in [0.29, 0.717) is 33.8 Å². The molecule has 2 N–H and O–H groups in total. The lowest BCUT2D eigenvalue weighted by atomic mass is 10.1. The van der Waals surface area contributed by atoms with E-state index in [-0.39, 0.29) is 43.1 Å². The minimum Gasteiger partial charge on any atom is -0.356 e. The average Bonchev–Trinajstić information content (AvgIpc) is 3.35. The van der Waals surface area contributed by atoms with E-state index in [9.17, 15) is 19.2 Å². The van der Waals surface area contributed by atoms with Crippen LogP contribution in [0.2, 0.25) is 0 Å². The number of aromatic nitrogens is 1. The highest BCUT2D eigenvalue weighted by atomic mass is 35.5. The number of ketones is 1. The lowest BCUT2D eigenvalue weighted by Gasteiger charge is -2.26. The third-order valence-electron chi connectivity index (χ3n) is 7.08. The zero-order valence-electron chi connectivity index (χ0n) is 22.8. The number of hydrogen-bond acceptors (Lipinski definition) is 7. The van der Waals surface area contributed by atoms with E-state index in [1.54, 1.807) is 68.6 Å². The molecule has 4 aromatic rings. The molecule has 1 aromatic heterocycles. The Morgan fingerprint density at radius 3 is 2.29 bits per heavy atom. The van der Waals surface area contributed by atoms with Gasteiger partial charge in [-0.15, -0.1) is 12.4 Å². The fourth-order valence-corrected chi connectivity index (χ4v) is 4.68. The Morgan fingerprint density at radius 1 is 0.976 bits per heavy atom. The molecule has 212 valence electrons. The van der Waals surface area contributed by atoms with Gasteiger partial charge in [0.1, 0.15) is 11.7 Å². The van der Waals surface area contributed by atoms with Gasteiger partial charge < -0.3 is 25.0 Å². The molecule has 0 radical (unpaired) electrons. The molecule has 5 rings (SSSR count). The fourth-order valence-electron chi connectivity index (χ4n) is 4.68. The average molecular weight is 576 g/mol. The summed E-state index contributed by atoms with van der Waals surface area (Å²) in [6, 6.07) is 19.2. The predicted molar refractivity (Wildman–Crippen MR) is 157 cm³/mol. The van der Waals surface area contributed by atoms with Crippen LogP contribution in [-0.2, 0) is 16.1 Å². The maximum atomic E-state index is 14.1. The highest BCUT2D eigenvalue weighted by Crippen LogP contribution is 2.35. The van der Waals surface area contributed by atoms with Gasteiger partial charge in [-0.1, -0.05) is 41.6 Å². The second-order valence-electron chi connectivity index (χ2n) is 9.66. The third kappa shape index (κ3) is 5.84. The Morgan fingerprint density at radius 2 is 1.61 bits per heavy atom. The summed E-state index contributed by atoms with van der Waals surface area (Å²) in [4.78, 5) is 55.7. The normalized spacial score (nSPS) is 15.5. The van der Waals surface area contributed by atoms with Gasteiger partial charge in [-0.05, 0) is 57.3 Å². The van der Waals surface area contributed by atoms with Crippen molar-refractivity contribution in [2.75, 3.05) is 23.4 Å². The van der Waals surface area contributed by atoms with Crippen molar-refractivity contribution in [1.82, 2.24) is 15.8 Å². The molecule has 1 aliphatic heterocycles. The van der Waals surface area contributed by atoms with Crippen LogP contribution < -0.4 is 20.4 Å². The Labute approximate surface area is 243 Å². The molecule has 0 spiro atoms. The van der Waals surface area contributed by atoms with Gasteiger partial charge >= 0.3 is 0 Å². The first kappa shape index (κ1) is 29.4. The number of carbonyl (C=O) groups excluding carboxylic acids is 4. The fraction of sp³-hybridized carbons (Fsp3) is 0.233. The van der Waals surface area contributed by atoms with Crippen LogP contribution >= 0.6 is 12.4 Å². The van der Waals surface area contributed by atoms with Crippen molar-refractivity contribution in [2.45, 2.75) is 32.5 Å². The van der Waals surface area contributed by atoms with E-state index in [0.717, 1.165) is 5.39 Å². The highest BCUT2D eigenvalue weighted by Gasteiger charge is 2.38. The van der Waals surface area contributed by atoms with Gasteiger partial charge in [-0.2, -0.15) is 0 Å². The Balaban J connectivity index is 0.00000387. The third-order valence-corrected chi connectivity index (χ3v) is 7.08. The van der Waals surface area contributed by atoms with Crippen LogP contribution in [0.1, 0.15) is 40.3 Å². The number of halogens is 1. The van der Waals surface area contributed by atoms with Crippen molar-refractivity contribution in [3.05, 3.63) is 89.6 Å². The molecule has 0 fully saturated rings. The monoisotopic (exact) mass is 575 g/mol. The molecule has 1 aliphatic rings. The summed E-state index contributed by atoms with van der Waals surface area (Å²) < 4.78 is 5.47. The number of carbonyl (C=O) groups is 4. The Hall–Kier alpha value is -4.54. The first-order valence-corrected chi connectivity index (χ1v) is 12.9. The van der Waals surface area contributed by atoms with Crippen molar-refractivity contribution in [3.8, 4) is 0 Å². The number of rotatable bonds is 7. The van der Waals surface area contributed by atoms with Crippen molar-refractivity contribution in [3.63, 3.8) is 0 Å². The number of para-hydroxylation sites is 3. The lowest BCUT2D eigenvalue weighted by molar-refractivity contribution is -0.128. The number of anilines is 2. The first-order chi connectivity index (χ1) is 19.3. The number of Topliss-reactive ketones (excluding diaryl/α,β-unsaturated/α-hetero) is 1. The number of likely N-dealkylation sites (N-methyl/N-ethyl adjacent to an activating group) is 1. The molecule has 10 nitrogen and oxygen atoms in total. The summed E-state index contributed by atoms with van der Waals surface area (Å²) in [7, 11) is 1.65. The second-order valence-corrected chi connectivity index (χ2v) is 9.66. The molecule has 0 unspecified atom stereocenters. The molecule has 3 aromatic carbocycles. The van der Waals surface area contributed by atoms with Crippen LogP contribution in [0.5, 0.6) is 0 Å². The van der Waals surface area contributed by atoms with E-state index >= 15 is 0 Å². The van der Waals surface area contributed by atoms with E-state index in [4.69, 9.17) is 4.52 Å². The summed E-state index contributed by atoms with van der Waals surface area (Å²) in [6.45, 7) is 3.11. The minimum atomic E-state index is -1.05. The number of nitrogens with zero attached hydrogens (tertiary/aromatic N) is 3. The Kier molecular flexibility index (Phi) is 8.85. The van der Waals surface area contributed by atoms with Gasteiger partial charge in [-0.25, -0.2) is 0 Å². The maximum Gasteiger partial charge on any atom is 0.258 e. The van der Waals surface area contributed by atoms with Crippen LogP contribution in [0.3, 0.4) is 0 Å². The van der Waals surface area contributed by atoms with Crippen molar-refractivity contribution in [1.29, 1.82) is 0 Å². The number of fused-ring (bicyclic) bond motifs is 2. The minimum absolute atomic E-state index is 0. The van der Waals surface area contributed by atoms with E-state index in [1.807, 2.05) is 18.2 Å². The van der Waals surface area contributed by atoms with Gasteiger partial charge in [-0.3, -0.25) is 19.2 Å². The predicted octanol–water partition coefficient (Wildman–Crippen LogP) is 3.74. The zero-order chi connectivity index (χ0) is 28.4. The molecule has 41 heavy (non-hydrogen) atoms. The van der Waals surface area contributed by atoms with Gasteiger partial charge in [0.15, 0.2) is 11.4 Å². The molecule has 2 heterocycles. The second kappa shape index (κ2) is 12.3. The molecule has 0 aliphatic carbocycles. The van der Waals surface area contributed by atoms with Crippen LogP contribution in [-0.4, -0.2) is 54.3 Å². The lowest BCUT2D eigenvalue weighted by Crippen LogP contribution is -2.55. The molecule has 11 heteroatoms. The molecule has 0 bridgehead atoms. The van der Waals surface area contributed by atoms with Gasteiger partial charge in [0.05, 0.1) is 30.5 Å². The van der Waals surface area contributed by atoms with Crippen LogP contribution in [0.25, 0.3) is 11.0 Å². The summed E-state index contributed by atoms with van der Waals surface area (Å²) >= 11 is 0. The Bertz CT molecular complexity index is 1600. The van der Waals surface area contributed by atoms with E-state index < -0.39 is 18.0 Å². The number of benzene rings is 3. The van der Waals surface area contributed by atoms with Crippen molar-refractivity contribution >= 4 is 58.3 Å². The quantitative estimate of drug-likeness (QED) is 0.322. The standard InChI is InChI=1S/C30H29N5O5.ClH/c1-18(31-3)28(37)32-24-17-34(29(38)21-14-12-20(13-15-21)19(2)36)25-9-5-6-10-26(25)35(30(24)39)16-23-22-8-4-7-11-27(22)40-33-23;/h4-15,18,24,31H,16-17H2,1-3H3,(H,32,37);1H/t18-,24-;/m0./s1. The van der Waals surface area contributed by atoms with Crippen molar-refractivity contribution in [2.24, 2.45) is 0 Å². The summed E-state index contributed by atoms with van der Waals surface area (Å²) in [5.74, 6) is -1.25. The van der Waals surface area contributed by atoms with Crippen molar-refractivity contribution < 1.29 is 23.7 Å². The SMILES string of the molecule is CN[C@@H](C)C(=O)N[C@H]1CN(C(=O)c2ccc(C(C)=O)cc2)c2ccccc2N(Cc2noc3ccccc23)C1=O.Cl. The first-order valence-electron chi connectivity index (χ1n) is 12.9. The largest absolute Gasteiger partial charge is 0.356 e. The van der Waals surface area contributed by atoms with Crippen LogP contribution in [0.15, 0.2) is 77.3 Å². The summed E-state index contributed by atoms with van der Waals surface area (Å²) in [5, 5.41) is 10.7. The number of amides is 3. The highest BCUT2D eigenvalue weighted by molar-refractivity contribution is 6.13. The molecular formula is C30H30ClN5O5. The van der Waals surface area contributed by atoms with Crippen LogP contribution in [0.4, 0.5) is 11.4 Å². The molecule has 0 saturated heterocycles. The molecule has 2 atom stereocenters. The smallest absolute Gasteiger partial charge is 0.258 e. The van der Waals surface area contributed by atoms with Gasteiger partial charge in [0.25, 0.3) is 11.8 Å². The zero-order valence-corrected chi connectivity index (χ0v) is 23.6. The molecule has 3 amide bonds. The molecular weight excluding hydrogens is 546 g/mol. The number of nitrogens with one attached hydrogen (secondary N) is 2. The topological polar surface area (TPSA) is 125 Å². The summed E-state index contributed by atoms with van der Waals surface area (Å²) in [6.07, 6.45) is 0. The number of hydrogen-bond donors (Lipinski definition) is 2. The van der Waals surface area contributed by atoms with Gasteiger partial charge in [0, 0.05) is 16.5 Å². The maximum absolute atomic E-state index is 14.1. The molecule has 0 saturated carbocycles. The summed E-state index contributed by atoms with van der Waals surface area (Å²) in [5.41, 5.74) is 2.96. The van der Waals surface area contributed by atoms with Crippen LogP contribution in [0, 0.1) is 0 Å². The van der Waals surface area contributed by atoms with E-state index in [1.165, 1.54) is 16.7 Å². The van der Waals surface area contributed by atoms with Gasteiger partial charge in [0.2, 0.25) is 5.91 Å². The van der Waals surface area contributed by atoms with E-state index in [2.05, 4.69) is 15.8 Å².